The van der Waals surface area contributed by atoms with Gasteiger partial charge >= 0.3 is 0 Å². The zero-order valence-electron chi connectivity index (χ0n) is 13.2. The van der Waals surface area contributed by atoms with Crippen LogP contribution in [0.2, 0.25) is 0 Å². The van der Waals surface area contributed by atoms with Crippen molar-refractivity contribution in [2.24, 2.45) is 0 Å². The number of hydrogen-bond donors (Lipinski definition) is 0. The second kappa shape index (κ2) is 5.88. The third-order valence-corrected chi connectivity index (χ3v) is 4.04. The average molecular weight is 321 g/mol. The normalized spacial score (nSPS) is 13.2. The molecule has 1 aliphatic rings. The van der Waals surface area contributed by atoms with Gasteiger partial charge in [0, 0.05) is 31.2 Å². The van der Waals surface area contributed by atoms with Crippen LogP contribution in [0.4, 0.5) is 15.9 Å². The number of aromatic nitrogens is 3. The molecule has 3 aromatic rings. The molecule has 1 aromatic carbocycles. The molecule has 3 heterocycles. The second-order valence-electron chi connectivity index (χ2n) is 5.78. The van der Waals surface area contributed by atoms with Gasteiger partial charge in [-0.3, -0.25) is 0 Å². The summed E-state index contributed by atoms with van der Waals surface area (Å²) in [5, 5.41) is 0. The van der Waals surface area contributed by atoms with E-state index in [1.54, 1.807) is 30.7 Å². The molecule has 0 aliphatic carbocycles. The van der Waals surface area contributed by atoms with E-state index < -0.39 is 0 Å². The Balaban J connectivity index is 1.70. The van der Waals surface area contributed by atoms with E-state index in [1.165, 1.54) is 12.1 Å². The molecule has 0 radical (unpaired) electrons. The summed E-state index contributed by atoms with van der Waals surface area (Å²) in [6.45, 7) is 1.32. The zero-order chi connectivity index (χ0) is 16.5. The van der Waals surface area contributed by atoms with E-state index in [-0.39, 0.29) is 5.82 Å². The molecular weight excluding hydrogens is 305 g/mol. The maximum Gasteiger partial charge on any atom is 0.153 e. The van der Waals surface area contributed by atoms with Crippen molar-refractivity contribution in [1.82, 2.24) is 15.0 Å². The van der Waals surface area contributed by atoms with Gasteiger partial charge in [-0.1, -0.05) is 12.1 Å². The molecule has 0 saturated carbocycles. The first-order chi connectivity index (χ1) is 11.7. The summed E-state index contributed by atoms with van der Waals surface area (Å²) >= 11 is 0. The molecule has 0 fully saturated rings. The monoisotopic (exact) mass is 321 g/mol. The fraction of sp³-hybridized carbons (Fsp3) is 0.167. The Morgan fingerprint density at radius 2 is 1.88 bits per heavy atom. The molecule has 0 unspecified atom stereocenters. The van der Waals surface area contributed by atoms with Crippen LogP contribution in [0.25, 0.3) is 11.1 Å². The van der Waals surface area contributed by atoms with E-state index in [0.29, 0.717) is 13.2 Å². The van der Waals surface area contributed by atoms with E-state index in [2.05, 4.69) is 24.8 Å². The van der Waals surface area contributed by atoms with E-state index in [0.717, 1.165) is 28.5 Å². The number of benzene rings is 1. The first-order valence-corrected chi connectivity index (χ1v) is 7.69. The van der Waals surface area contributed by atoms with Crippen molar-refractivity contribution in [1.29, 1.82) is 0 Å². The number of nitrogens with zero attached hydrogens (tertiary/aromatic N) is 5. The molecule has 5 nitrogen and oxygen atoms in total. The SMILES string of the molecule is CN1CN(Cc2ncccn2)c2cc(-c3cccc(F)c3)cnc21. The summed E-state index contributed by atoms with van der Waals surface area (Å²) in [7, 11) is 2.00. The van der Waals surface area contributed by atoms with Crippen molar-refractivity contribution in [2.45, 2.75) is 6.54 Å². The van der Waals surface area contributed by atoms with Gasteiger partial charge in [0.1, 0.15) is 11.6 Å². The van der Waals surface area contributed by atoms with Gasteiger partial charge in [0.2, 0.25) is 0 Å². The zero-order valence-corrected chi connectivity index (χ0v) is 13.2. The summed E-state index contributed by atoms with van der Waals surface area (Å²) in [6, 6.07) is 10.4. The van der Waals surface area contributed by atoms with E-state index >= 15 is 0 Å². The van der Waals surface area contributed by atoms with Crippen molar-refractivity contribution in [3.05, 3.63) is 66.6 Å². The van der Waals surface area contributed by atoms with Gasteiger partial charge in [-0.2, -0.15) is 0 Å². The Kier molecular flexibility index (Phi) is 3.57. The third-order valence-electron chi connectivity index (χ3n) is 4.04. The Bertz CT molecular complexity index is 868. The quantitative estimate of drug-likeness (QED) is 0.742. The lowest BCUT2D eigenvalue weighted by Crippen LogP contribution is -2.28. The molecule has 0 amide bonds. The minimum Gasteiger partial charge on any atom is -0.343 e. The van der Waals surface area contributed by atoms with Crippen LogP contribution < -0.4 is 9.80 Å². The van der Waals surface area contributed by atoms with Crippen LogP contribution in [-0.2, 0) is 6.54 Å². The first-order valence-electron chi connectivity index (χ1n) is 7.69. The number of fused-ring (bicyclic) bond motifs is 1. The molecule has 0 saturated heterocycles. The summed E-state index contributed by atoms with van der Waals surface area (Å²) < 4.78 is 13.5. The Labute approximate surface area is 139 Å². The van der Waals surface area contributed by atoms with E-state index in [4.69, 9.17) is 0 Å². The first kappa shape index (κ1) is 14.6. The van der Waals surface area contributed by atoms with Gasteiger partial charge in [0.15, 0.2) is 5.82 Å². The fourth-order valence-electron chi connectivity index (χ4n) is 2.92. The number of hydrogen-bond acceptors (Lipinski definition) is 5. The van der Waals surface area contributed by atoms with Crippen molar-refractivity contribution in [2.75, 3.05) is 23.5 Å². The average Bonchev–Trinajstić information content (AvgIpc) is 2.91. The number of anilines is 2. The Morgan fingerprint density at radius 1 is 1.04 bits per heavy atom. The highest BCUT2D eigenvalue weighted by Crippen LogP contribution is 2.36. The summed E-state index contributed by atoms with van der Waals surface area (Å²) in [6.07, 6.45) is 5.27. The van der Waals surface area contributed by atoms with Crippen LogP contribution in [0.15, 0.2) is 55.0 Å². The summed E-state index contributed by atoms with van der Waals surface area (Å²) in [4.78, 5) is 17.4. The molecule has 0 atom stereocenters. The Hall–Kier alpha value is -3.02. The van der Waals surface area contributed by atoms with Gasteiger partial charge in [0.25, 0.3) is 0 Å². The number of rotatable bonds is 3. The van der Waals surface area contributed by atoms with E-state index in [9.17, 15) is 4.39 Å². The van der Waals surface area contributed by atoms with Crippen LogP contribution in [0, 0.1) is 5.82 Å². The standard InChI is InChI=1S/C18H16FN5/c1-23-12-24(11-17-20-6-3-7-21-17)16-9-14(10-22-18(16)23)13-4-2-5-15(19)8-13/h2-10H,11-12H2,1H3. The topological polar surface area (TPSA) is 45.2 Å². The maximum absolute atomic E-state index is 13.5. The van der Waals surface area contributed by atoms with Crippen LogP contribution in [0.3, 0.4) is 0 Å². The largest absolute Gasteiger partial charge is 0.343 e. The molecule has 1 aliphatic heterocycles. The highest BCUT2D eigenvalue weighted by molar-refractivity contribution is 5.78. The lowest BCUT2D eigenvalue weighted by atomic mass is 10.1. The molecule has 2 aromatic heterocycles. The molecule has 24 heavy (non-hydrogen) atoms. The van der Waals surface area contributed by atoms with Crippen molar-refractivity contribution >= 4 is 11.5 Å². The molecule has 0 bridgehead atoms. The van der Waals surface area contributed by atoms with Gasteiger partial charge in [-0.25, -0.2) is 19.3 Å². The predicted molar refractivity (Wildman–Crippen MR) is 91.1 cm³/mol. The van der Waals surface area contributed by atoms with Crippen molar-refractivity contribution < 1.29 is 4.39 Å². The van der Waals surface area contributed by atoms with Gasteiger partial charge < -0.3 is 9.80 Å². The smallest absolute Gasteiger partial charge is 0.153 e. The molecule has 0 N–H and O–H groups in total. The number of pyridine rings is 1. The van der Waals surface area contributed by atoms with Crippen LogP contribution in [0.5, 0.6) is 0 Å². The third kappa shape index (κ3) is 2.67. The lowest BCUT2D eigenvalue weighted by molar-refractivity contribution is 0.628. The second-order valence-corrected chi connectivity index (χ2v) is 5.78. The lowest BCUT2D eigenvalue weighted by Gasteiger charge is -2.18. The number of halogens is 1. The van der Waals surface area contributed by atoms with Crippen molar-refractivity contribution in [3.63, 3.8) is 0 Å². The van der Waals surface area contributed by atoms with Gasteiger partial charge in [-0.15, -0.1) is 0 Å². The van der Waals surface area contributed by atoms with Crippen molar-refractivity contribution in [3.8, 4) is 11.1 Å². The molecule has 120 valence electrons. The fourth-order valence-corrected chi connectivity index (χ4v) is 2.92. The minimum atomic E-state index is -0.250. The summed E-state index contributed by atoms with van der Waals surface area (Å²) in [5.41, 5.74) is 2.71. The molecule has 6 heteroatoms. The predicted octanol–water partition coefficient (Wildman–Crippen LogP) is 3.09. The van der Waals surface area contributed by atoms with E-state index in [1.807, 2.05) is 19.2 Å². The van der Waals surface area contributed by atoms with Gasteiger partial charge in [-0.05, 0) is 29.8 Å². The highest BCUT2D eigenvalue weighted by Gasteiger charge is 2.25. The van der Waals surface area contributed by atoms with Crippen LogP contribution in [-0.4, -0.2) is 28.7 Å². The summed E-state index contributed by atoms with van der Waals surface area (Å²) in [5.74, 6) is 1.42. The van der Waals surface area contributed by atoms with Crippen LogP contribution >= 0.6 is 0 Å². The maximum atomic E-state index is 13.5. The highest BCUT2D eigenvalue weighted by atomic mass is 19.1. The van der Waals surface area contributed by atoms with Gasteiger partial charge in [0.05, 0.1) is 18.9 Å². The Morgan fingerprint density at radius 3 is 2.67 bits per heavy atom. The minimum absolute atomic E-state index is 0.250. The molecule has 0 spiro atoms. The molecule has 4 rings (SSSR count). The van der Waals surface area contributed by atoms with Crippen LogP contribution in [0.1, 0.15) is 5.82 Å². The molecular formula is C18H16FN5.